The molecule has 0 spiro atoms. The molecule has 2 heterocycles. The quantitative estimate of drug-likeness (QED) is 0.333. The Morgan fingerprint density at radius 1 is 0.971 bits per heavy atom. The fourth-order valence-corrected chi connectivity index (χ4v) is 3.71. The minimum Gasteiger partial charge on any atom is -0.504 e. The van der Waals surface area contributed by atoms with Crippen LogP contribution < -0.4 is 19.6 Å². The van der Waals surface area contributed by atoms with E-state index in [1.807, 2.05) is 0 Å². The summed E-state index contributed by atoms with van der Waals surface area (Å²) in [5, 5.41) is 50.2. The highest BCUT2D eigenvalue weighted by Crippen LogP contribution is 2.43. The molecule has 11 nitrogen and oxygen atoms in total. The van der Waals surface area contributed by atoms with E-state index in [1.54, 1.807) is 24.3 Å². The first kappa shape index (κ1) is 23.8. The van der Waals surface area contributed by atoms with E-state index >= 15 is 0 Å². The number of hydrogen-bond donors (Lipinski definition) is 5. The number of aliphatic hydroxyl groups excluding tert-OH is 4. The number of aliphatic hydroxyl groups is 4. The van der Waals surface area contributed by atoms with Crippen molar-refractivity contribution < 1.29 is 48.9 Å². The van der Waals surface area contributed by atoms with Gasteiger partial charge in [0.15, 0.2) is 16.9 Å². The standard InChI is InChI=1S/C23H24O11/c1-30-11-5-3-10(4-6-11)13-7-12(25)17-14(32-13)8-15(31-2)22(19(17)27)34-23-21(29)20(28)18(26)16(9-24)33-23/h3-8,16,18,20-21,23-24,26-29H,9H2,1-2H3/t16-,18-,20+,21-,23+/m1/s1. The lowest BCUT2D eigenvalue weighted by molar-refractivity contribution is -0.277. The molecule has 0 unspecified atom stereocenters. The van der Waals surface area contributed by atoms with Gasteiger partial charge in [-0.3, -0.25) is 4.79 Å². The molecule has 34 heavy (non-hydrogen) atoms. The second-order valence-corrected chi connectivity index (χ2v) is 7.65. The largest absolute Gasteiger partial charge is 0.504 e. The molecule has 5 N–H and O–H groups in total. The third-order valence-corrected chi connectivity index (χ3v) is 5.59. The first-order chi connectivity index (χ1) is 16.3. The van der Waals surface area contributed by atoms with Crippen LogP contribution >= 0.6 is 0 Å². The van der Waals surface area contributed by atoms with Gasteiger partial charge in [0.2, 0.25) is 12.0 Å². The summed E-state index contributed by atoms with van der Waals surface area (Å²) >= 11 is 0. The van der Waals surface area contributed by atoms with Crippen molar-refractivity contribution in [1.82, 2.24) is 0 Å². The maximum atomic E-state index is 12.9. The molecule has 1 aliphatic heterocycles. The van der Waals surface area contributed by atoms with Crippen molar-refractivity contribution in [2.24, 2.45) is 0 Å². The second-order valence-electron chi connectivity index (χ2n) is 7.65. The van der Waals surface area contributed by atoms with Crippen molar-refractivity contribution in [3.05, 3.63) is 46.6 Å². The molecule has 11 heteroatoms. The number of rotatable bonds is 6. The van der Waals surface area contributed by atoms with Crippen LogP contribution in [0.5, 0.6) is 23.0 Å². The summed E-state index contributed by atoms with van der Waals surface area (Å²) in [7, 11) is 2.82. The molecular formula is C23H24O11. The Hall–Kier alpha value is -3.35. The molecule has 0 amide bonds. The van der Waals surface area contributed by atoms with E-state index in [9.17, 15) is 30.3 Å². The zero-order chi connectivity index (χ0) is 24.6. The maximum absolute atomic E-state index is 12.9. The number of phenols is 1. The fourth-order valence-electron chi connectivity index (χ4n) is 3.71. The second kappa shape index (κ2) is 9.49. The van der Waals surface area contributed by atoms with Gasteiger partial charge < -0.3 is 48.9 Å². The van der Waals surface area contributed by atoms with E-state index in [-0.39, 0.29) is 28.2 Å². The van der Waals surface area contributed by atoms with E-state index in [0.717, 1.165) is 0 Å². The Bertz CT molecular complexity index is 1220. The monoisotopic (exact) mass is 476 g/mol. The van der Waals surface area contributed by atoms with E-state index in [0.29, 0.717) is 11.3 Å². The first-order valence-electron chi connectivity index (χ1n) is 10.3. The molecule has 5 atom stereocenters. The van der Waals surface area contributed by atoms with Crippen LogP contribution in [0, 0.1) is 0 Å². The van der Waals surface area contributed by atoms with Gasteiger partial charge in [-0.15, -0.1) is 0 Å². The summed E-state index contributed by atoms with van der Waals surface area (Å²) in [5.41, 5.74) is 0.0274. The zero-order valence-corrected chi connectivity index (χ0v) is 18.2. The lowest BCUT2D eigenvalue weighted by Crippen LogP contribution is -2.60. The average molecular weight is 476 g/mol. The SMILES string of the molecule is COc1ccc(-c2cc(=O)c3c(O)c(O[C@@H]4O[C@H](CO)[C@@H](O)[C@H](O)[C@H]4O)c(OC)cc3o2)cc1. The van der Waals surface area contributed by atoms with E-state index < -0.39 is 48.5 Å². The zero-order valence-electron chi connectivity index (χ0n) is 18.2. The summed E-state index contributed by atoms with van der Waals surface area (Å²) in [6, 6.07) is 9.34. The highest BCUT2D eigenvalue weighted by molar-refractivity contribution is 5.89. The number of benzene rings is 2. The third kappa shape index (κ3) is 4.15. The van der Waals surface area contributed by atoms with Crippen molar-refractivity contribution >= 4 is 11.0 Å². The molecule has 3 aromatic rings. The summed E-state index contributed by atoms with van der Waals surface area (Å²) in [5.74, 6) is -0.187. The van der Waals surface area contributed by atoms with E-state index in [4.69, 9.17) is 23.4 Å². The van der Waals surface area contributed by atoms with Gasteiger partial charge in [-0.2, -0.15) is 0 Å². The first-order valence-corrected chi connectivity index (χ1v) is 10.3. The number of hydrogen-bond acceptors (Lipinski definition) is 11. The van der Waals surface area contributed by atoms with Crippen molar-refractivity contribution in [3.8, 4) is 34.3 Å². The fraction of sp³-hybridized carbons (Fsp3) is 0.348. The molecule has 1 saturated heterocycles. The number of ether oxygens (including phenoxy) is 4. The average Bonchev–Trinajstić information content (AvgIpc) is 2.85. The summed E-state index contributed by atoms with van der Waals surface area (Å²) in [6.07, 6.45) is -7.84. The van der Waals surface area contributed by atoms with Crippen LogP contribution in [-0.2, 0) is 4.74 Å². The molecule has 1 aromatic heterocycles. The van der Waals surface area contributed by atoms with Crippen LogP contribution in [0.2, 0.25) is 0 Å². The van der Waals surface area contributed by atoms with Crippen molar-refractivity contribution in [2.45, 2.75) is 30.7 Å². The Labute approximate surface area is 192 Å². The smallest absolute Gasteiger partial charge is 0.229 e. The van der Waals surface area contributed by atoms with Crippen LogP contribution in [0.25, 0.3) is 22.3 Å². The molecule has 0 radical (unpaired) electrons. The van der Waals surface area contributed by atoms with Crippen LogP contribution in [0.4, 0.5) is 0 Å². The van der Waals surface area contributed by atoms with Crippen LogP contribution in [0.15, 0.2) is 45.6 Å². The molecule has 4 rings (SSSR count). The lowest BCUT2D eigenvalue weighted by Gasteiger charge is -2.39. The lowest BCUT2D eigenvalue weighted by atomic mass is 9.99. The van der Waals surface area contributed by atoms with Gasteiger partial charge in [0.05, 0.1) is 20.8 Å². The van der Waals surface area contributed by atoms with Crippen molar-refractivity contribution in [3.63, 3.8) is 0 Å². The van der Waals surface area contributed by atoms with Gasteiger partial charge in [-0.1, -0.05) is 0 Å². The molecular weight excluding hydrogens is 452 g/mol. The van der Waals surface area contributed by atoms with Gasteiger partial charge in [0.1, 0.15) is 46.9 Å². The molecule has 0 bridgehead atoms. The number of fused-ring (bicyclic) bond motifs is 1. The van der Waals surface area contributed by atoms with Crippen LogP contribution in [0.1, 0.15) is 0 Å². The molecule has 0 saturated carbocycles. The number of methoxy groups -OCH3 is 2. The predicted octanol–water partition coefficient (Wildman–Crippen LogP) is 0.361. The van der Waals surface area contributed by atoms with Gasteiger partial charge >= 0.3 is 0 Å². The molecule has 0 aliphatic carbocycles. The normalized spacial score (nSPS) is 24.7. The predicted molar refractivity (Wildman–Crippen MR) is 117 cm³/mol. The summed E-state index contributed by atoms with van der Waals surface area (Å²) < 4.78 is 27.1. The van der Waals surface area contributed by atoms with E-state index in [2.05, 4.69) is 0 Å². The maximum Gasteiger partial charge on any atom is 0.229 e. The Morgan fingerprint density at radius 3 is 2.29 bits per heavy atom. The topological polar surface area (TPSA) is 168 Å². The molecule has 1 aliphatic rings. The molecule has 182 valence electrons. The van der Waals surface area contributed by atoms with Crippen LogP contribution in [0.3, 0.4) is 0 Å². The highest BCUT2D eigenvalue weighted by atomic mass is 16.7. The highest BCUT2D eigenvalue weighted by Gasteiger charge is 2.45. The van der Waals surface area contributed by atoms with Crippen molar-refractivity contribution in [1.29, 1.82) is 0 Å². The minimum absolute atomic E-state index is 0.00817. The van der Waals surface area contributed by atoms with Crippen LogP contribution in [-0.4, -0.2) is 77.1 Å². The minimum atomic E-state index is -1.73. The van der Waals surface area contributed by atoms with Crippen molar-refractivity contribution in [2.75, 3.05) is 20.8 Å². The van der Waals surface area contributed by atoms with Gasteiger partial charge in [0.25, 0.3) is 0 Å². The summed E-state index contributed by atoms with van der Waals surface area (Å²) in [6.45, 7) is -0.663. The molecule has 2 aromatic carbocycles. The third-order valence-electron chi connectivity index (χ3n) is 5.59. The molecule has 1 fully saturated rings. The van der Waals surface area contributed by atoms with Gasteiger partial charge in [-0.05, 0) is 24.3 Å². The van der Waals surface area contributed by atoms with E-state index in [1.165, 1.54) is 26.4 Å². The Morgan fingerprint density at radius 2 is 1.68 bits per heavy atom. The van der Waals surface area contributed by atoms with Gasteiger partial charge in [0, 0.05) is 17.7 Å². The Kier molecular flexibility index (Phi) is 6.64. The number of aromatic hydroxyl groups is 1. The van der Waals surface area contributed by atoms with Gasteiger partial charge in [-0.25, -0.2) is 0 Å². The number of phenolic OH excluding ortho intramolecular Hbond substituents is 1. The summed E-state index contributed by atoms with van der Waals surface area (Å²) in [4.78, 5) is 12.9. The Balaban J connectivity index is 1.76.